The summed E-state index contributed by atoms with van der Waals surface area (Å²) in [6.07, 6.45) is 1.87. The van der Waals surface area contributed by atoms with E-state index < -0.39 is 6.43 Å². The monoisotopic (exact) mass is 319 g/mol. The maximum Gasteiger partial charge on any atom is 0.264 e. The van der Waals surface area contributed by atoms with Crippen LogP contribution >= 0.6 is 0 Å². The SMILES string of the molecule is CC(C)N1C[C@@H](C)Cc2cc(-c3cnn(C)c3)c(C(F)F)cc21. The molecule has 2 aromatic rings. The Balaban J connectivity index is 2.17. The van der Waals surface area contributed by atoms with Gasteiger partial charge in [0.1, 0.15) is 0 Å². The molecule has 1 atom stereocenters. The van der Waals surface area contributed by atoms with Gasteiger partial charge in [0.05, 0.1) is 6.20 Å². The molecule has 3 rings (SSSR count). The minimum absolute atomic E-state index is 0.0944. The minimum Gasteiger partial charge on any atom is -0.369 e. The third kappa shape index (κ3) is 2.96. The molecule has 0 aliphatic carbocycles. The van der Waals surface area contributed by atoms with Gasteiger partial charge in [-0.15, -0.1) is 0 Å². The first kappa shape index (κ1) is 16.0. The van der Waals surface area contributed by atoms with E-state index in [0.29, 0.717) is 17.5 Å². The molecule has 1 aromatic heterocycles. The van der Waals surface area contributed by atoms with Gasteiger partial charge >= 0.3 is 0 Å². The Hall–Kier alpha value is -1.91. The van der Waals surface area contributed by atoms with Crippen molar-refractivity contribution in [3.8, 4) is 11.1 Å². The van der Waals surface area contributed by atoms with Gasteiger partial charge in [0.25, 0.3) is 6.43 Å². The second-order valence-corrected chi connectivity index (χ2v) is 6.83. The van der Waals surface area contributed by atoms with E-state index in [1.165, 1.54) is 0 Å². The van der Waals surface area contributed by atoms with E-state index in [2.05, 4.69) is 30.8 Å². The lowest BCUT2D eigenvalue weighted by Gasteiger charge is -2.38. The van der Waals surface area contributed by atoms with Gasteiger partial charge in [-0.2, -0.15) is 5.10 Å². The van der Waals surface area contributed by atoms with E-state index in [9.17, 15) is 8.78 Å². The van der Waals surface area contributed by atoms with Crippen LogP contribution in [0.5, 0.6) is 0 Å². The zero-order chi connectivity index (χ0) is 16.7. The quantitative estimate of drug-likeness (QED) is 0.834. The van der Waals surface area contributed by atoms with E-state index in [4.69, 9.17) is 0 Å². The number of aryl methyl sites for hydroxylation is 1. The van der Waals surface area contributed by atoms with E-state index in [0.717, 1.165) is 29.8 Å². The zero-order valence-electron chi connectivity index (χ0n) is 14.1. The third-order valence-corrected chi connectivity index (χ3v) is 4.51. The summed E-state index contributed by atoms with van der Waals surface area (Å²) >= 11 is 0. The van der Waals surface area contributed by atoms with Crippen LogP contribution in [-0.2, 0) is 13.5 Å². The summed E-state index contributed by atoms with van der Waals surface area (Å²) in [6.45, 7) is 7.35. The van der Waals surface area contributed by atoms with E-state index in [1.807, 2.05) is 6.07 Å². The normalized spacial score (nSPS) is 17.9. The molecule has 1 aromatic carbocycles. The standard InChI is InChI=1S/C18H23F2N3/c1-11(2)23-9-12(3)5-13-6-15(14-8-21-22(4)10-14)16(18(19)20)7-17(13)23/h6-8,10-12,18H,5,9H2,1-4H3/t12-/m0/s1. The van der Waals surface area contributed by atoms with Gasteiger partial charge in [-0.3, -0.25) is 4.68 Å². The Kier molecular flexibility index (Phi) is 4.13. The van der Waals surface area contributed by atoms with Crippen molar-refractivity contribution in [1.82, 2.24) is 9.78 Å². The van der Waals surface area contributed by atoms with Gasteiger partial charge in [-0.25, -0.2) is 8.78 Å². The highest BCUT2D eigenvalue weighted by Gasteiger charge is 2.27. The third-order valence-electron chi connectivity index (χ3n) is 4.51. The van der Waals surface area contributed by atoms with Gasteiger partial charge in [-0.05, 0) is 49.4 Å². The lowest BCUT2D eigenvalue weighted by molar-refractivity contribution is 0.152. The second kappa shape index (κ2) is 5.95. The van der Waals surface area contributed by atoms with Gasteiger partial charge in [0, 0.05) is 42.6 Å². The molecular formula is C18H23F2N3. The number of hydrogen-bond donors (Lipinski definition) is 0. The lowest BCUT2D eigenvalue weighted by Crippen LogP contribution is -2.39. The average molecular weight is 319 g/mol. The number of anilines is 1. The topological polar surface area (TPSA) is 21.1 Å². The molecule has 0 bridgehead atoms. The molecule has 3 nitrogen and oxygen atoms in total. The Morgan fingerprint density at radius 3 is 2.57 bits per heavy atom. The average Bonchev–Trinajstić information content (AvgIpc) is 2.91. The largest absolute Gasteiger partial charge is 0.369 e. The molecule has 1 aliphatic heterocycles. The van der Waals surface area contributed by atoms with E-state index >= 15 is 0 Å². The number of fused-ring (bicyclic) bond motifs is 1. The fraction of sp³-hybridized carbons (Fsp3) is 0.500. The maximum absolute atomic E-state index is 13.6. The molecule has 0 radical (unpaired) electrons. The number of aromatic nitrogens is 2. The fourth-order valence-electron chi connectivity index (χ4n) is 3.43. The molecule has 1 aliphatic rings. The predicted octanol–water partition coefficient (Wildman–Crippen LogP) is 4.43. The van der Waals surface area contributed by atoms with Gasteiger partial charge in [-0.1, -0.05) is 6.92 Å². The Labute approximate surface area is 135 Å². The number of halogens is 2. The smallest absolute Gasteiger partial charge is 0.264 e. The van der Waals surface area contributed by atoms with Crippen molar-refractivity contribution in [2.45, 2.75) is 39.7 Å². The minimum atomic E-state index is -2.50. The second-order valence-electron chi connectivity index (χ2n) is 6.83. The van der Waals surface area contributed by atoms with Crippen LogP contribution in [-0.4, -0.2) is 22.4 Å². The van der Waals surface area contributed by atoms with E-state index in [1.54, 1.807) is 30.2 Å². The molecular weight excluding hydrogens is 296 g/mol. The summed E-state index contributed by atoms with van der Waals surface area (Å²) in [7, 11) is 1.80. The van der Waals surface area contributed by atoms with Crippen LogP contribution in [0.2, 0.25) is 0 Å². The number of nitrogens with zero attached hydrogens (tertiary/aromatic N) is 3. The van der Waals surface area contributed by atoms with Crippen LogP contribution in [0.25, 0.3) is 11.1 Å². The van der Waals surface area contributed by atoms with Crippen molar-refractivity contribution in [2.75, 3.05) is 11.4 Å². The number of rotatable bonds is 3. The number of benzene rings is 1. The first-order valence-corrected chi connectivity index (χ1v) is 8.07. The van der Waals surface area contributed by atoms with Crippen molar-refractivity contribution in [1.29, 1.82) is 0 Å². The van der Waals surface area contributed by atoms with E-state index in [-0.39, 0.29) is 5.56 Å². The molecule has 124 valence electrons. The van der Waals surface area contributed by atoms with Crippen molar-refractivity contribution in [3.63, 3.8) is 0 Å². The predicted molar refractivity (Wildman–Crippen MR) is 89.0 cm³/mol. The number of hydrogen-bond acceptors (Lipinski definition) is 2. The van der Waals surface area contributed by atoms with Crippen LogP contribution in [0.1, 0.15) is 38.3 Å². The van der Waals surface area contributed by atoms with Gasteiger partial charge < -0.3 is 4.90 Å². The Bertz CT molecular complexity index is 706. The summed E-state index contributed by atoms with van der Waals surface area (Å²) in [5.41, 5.74) is 3.56. The highest BCUT2D eigenvalue weighted by molar-refractivity contribution is 5.73. The van der Waals surface area contributed by atoms with Crippen LogP contribution in [0, 0.1) is 5.92 Å². The summed E-state index contributed by atoms with van der Waals surface area (Å²) < 4.78 is 28.9. The van der Waals surface area contributed by atoms with Crippen LogP contribution in [0.4, 0.5) is 14.5 Å². The van der Waals surface area contributed by atoms with Crippen molar-refractivity contribution in [2.24, 2.45) is 13.0 Å². The first-order valence-electron chi connectivity index (χ1n) is 8.07. The molecule has 5 heteroatoms. The molecule has 0 N–H and O–H groups in total. The molecule has 0 amide bonds. The highest BCUT2D eigenvalue weighted by Crippen LogP contribution is 2.40. The van der Waals surface area contributed by atoms with Gasteiger partial charge in [0.15, 0.2) is 0 Å². The van der Waals surface area contributed by atoms with Crippen molar-refractivity contribution in [3.05, 3.63) is 35.7 Å². The van der Waals surface area contributed by atoms with Crippen molar-refractivity contribution < 1.29 is 8.78 Å². The maximum atomic E-state index is 13.6. The number of alkyl halides is 2. The summed E-state index contributed by atoms with van der Waals surface area (Å²) in [5.74, 6) is 0.518. The fourth-order valence-corrected chi connectivity index (χ4v) is 3.43. The summed E-state index contributed by atoms with van der Waals surface area (Å²) in [6, 6.07) is 3.93. The zero-order valence-corrected chi connectivity index (χ0v) is 14.1. The lowest BCUT2D eigenvalue weighted by atomic mass is 9.88. The molecule has 23 heavy (non-hydrogen) atoms. The molecule has 0 unspecified atom stereocenters. The van der Waals surface area contributed by atoms with Crippen LogP contribution in [0.15, 0.2) is 24.5 Å². The molecule has 0 saturated heterocycles. The molecule has 2 heterocycles. The summed E-state index contributed by atoms with van der Waals surface area (Å²) in [4.78, 5) is 2.24. The summed E-state index contributed by atoms with van der Waals surface area (Å²) in [5, 5.41) is 4.12. The first-order chi connectivity index (χ1) is 10.9. The molecule has 0 spiro atoms. The van der Waals surface area contributed by atoms with Crippen molar-refractivity contribution >= 4 is 5.69 Å². The molecule has 0 saturated carbocycles. The van der Waals surface area contributed by atoms with Crippen LogP contribution in [0.3, 0.4) is 0 Å². The highest BCUT2D eigenvalue weighted by atomic mass is 19.3. The Morgan fingerprint density at radius 2 is 2.00 bits per heavy atom. The Morgan fingerprint density at radius 1 is 1.26 bits per heavy atom. The van der Waals surface area contributed by atoms with Crippen LogP contribution < -0.4 is 4.90 Å². The molecule has 0 fully saturated rings. The van der Waals surface area contributed by atoms with Gasteiger partial charge in [0.2, 0.25) is 0 Å².